The van der Waals surface area contributed by atoms with E-state index >= 15 is 0 Å². The summed E-state index contributed by atoms with van der Waals surface area (Å²) >= 11 is 0. The molecule has 0 spiro atoms. The molecule has 0 unspecified atom stereocenters. The van der Waals surface area contributed by atoms with Crippen LogP contribution in [0.4, 0.5) is 5.69 Å². The Balaban J connectivity index is 1.91. The molecular formula is C19H26N2O4. The van der Waals surface area contributed by atoms with Gasteiger partial charge in [-0.2, -0.15) is 0 Å². The number of hydrogen-bond donors (Lipinski definition) is 2. The molecule has 2 N–H and O–H groups in total. The van der Waals surface area contributed by atoms with Gasteiger partial charge in [0.2, 0.25) is 0 Å². The largest absolute Gasteiger partial charge is 0.481 e. The molecule has 0 radical (unpaired) electrons. The molecule has 0 saturated carbocycles. The summed E-state index contributed by atoms with van der Waals surface area (Å²) in [6.45, 7) is 5.47. The molecule has 1 atom stereocenters. The maximum atomic E-state index is 12.2. The van der Waals surface area contributed by atoms with E-state index in [9.17, 15) is 19.5 Å². The van der Waals surface area contributed by atoms with Crippen LogP contribution in [0.1, 0.15) is 43.5 Å². The Kier molecular flexibility index (Phi) is 6.56. The van der Waals surface area contributed by atoms with E-state index in [0.29, 0.717) is 43.7 Å². The lowest BCUT2D eigenvalue weighted by molar-refractivity contribution is -0.142. The fourth-order valence-electron chi connectivity index (χ4n) is 3.00. The van der Waals surface area contributed by atoms with Gasteiger partial charge in [0.05, 0.1) is 5.92 Å². The number of carbonyl (C=O) groups is 3. The lowest BCUT2D eigenvalue weighted by atomic mass is 9.97. The van der Waals surface area contributed by atoms with E-state index in [4.69, 9.17) is 0 Å². The SMILES string of the molecule is CC(C)C[C@@H](CNC(=O)c1ccc(N2CCC(=O)CC2)cc1)C(=O)O. The van der Waals surface area contributed by atoms with Crippen LogP contribution in [0.15, 0.2) is 24.3 Å². The fraction of sp³-hybridized carbons (Fsp3) is 0.526. The highest BCUT2D eigenvalue weighted by Crippen LogP contribution is 2.19. The van der Waals surface area contributed by atoms with E-state index in [2.05, 4.69) is 10.2 Å². The van der Waals surface area contributed by atoms with Gasteiger partial charge in [-0.1, -0.05) is 13.8 Å². The number of carbonyl (C=O) groups excluding carboxylic acids is 2. The second-order valence-corrected chi connectivity index (χ2v) is 6.95. The minimum Gasteiger partial charge on any atom is -0.481 e. The molecule has 0 aliphatic carbocycles. The van der Waals surface area contributed by atoms with Crippen molar-refractivity contribution in [3.05, 3.63) is 29.8 Å². The number of benzene rings is 1. The normalized spacial score (nSPS) is 16.0. The summed E-state index contributed by atoms with van der Waals surface area (Å²) in [5.41, 5.74) is 1.50. The van der Waals surface area contributed by atoms with E-state index < -0.39 is 11.9 Å². The second kappa shape index (κ2) is 8.65. The van der Waals surface area contributed by atoms with Gasteiger partial charge in [0.15, 0.2) is 0 Å². The van der Waals surface area contributed by atoms with Crippen molar-refractivity contribution in [2.45, 2.75) is 33.1 Å². The predicted molar refractivity (Wildman–Crippen MR) is 95.8 cm³/mol. The topological polar surface area (TPSA) is 86.7 Å². The number of piperidine rings is 1. The third-order valence-corrected chi connectivity index (χ3v) is 4.43. The average molecular weight is 346 g/mol. The molecule has 2 rings (SSSR count). The zero-order chi connectivity index (χ0) is 18.4. The average Bonchev–Trinajstić information content (AvgIpc) is 2.58. The van der Waals surface area contributed by atoms with Gasteiger partial charge in [0, 0.05) is 43.7 Å². The zero-order valence-electron chi connectivity index (χ0n) is 14.8. The summed E-state index contributed by atoms with van der Waals surface area (Å²) in [5, 5.41) is 11.9. The lowest BCUT2D eigenvalue weighted by Gasteiger charge is -2.28. The first-order chi connectivity index (χ1) is 11.9. The Morgan fingerprint density at radius 1 is 1.16 bits per heavy atom. The van der Waals surface area contributed by atoms with Gasteiger partial charge >= 0.3 is 5.97 Å². The van der Waals surface area contributed by atoms with E-state index in [-0.39, 0.29) is 18.4 Å². The minimum atomic E-state index is -0.885. The number of amides is 1. The molecule has 6 heteroatoms. The Bertz CT molecular complexity index is 615. The molecular weight excluding hydrogens is 320 g/mol. The zero-order valence-corrected chi connectivity index (χ0v) is 14.8. The number of rotatable bonds is 7. The third kappa shape index (κ3) is 5.59. The first-order valence-corrected chi connectivity index (χ1v) is 8.74. The van der Waals surface area contributed by atoms with E-state index in [0.717, 1.165) is 5.69 Å². The Hall–Kier alpha value is -2.37. The van der Waals surface area contributed by atoms with Crippen LogP contribution >= 0.6 is 0 Å². The van der Waals surface area contributed by atoms with Gasteiger partial charge in [0.25, 0.3) is 5.91 Å². The number of Topliss-reactive ketones (excluding diaryl/α,β-unsaturated/α-hetero) is 1. The third-order valence-electron chi connectivity index (χ3n) is 4.43. The van der Waals surface area contributed by atoms with Gasteiger partial charge < -0.3 is 15.3 Å². The molecule has 1 aromatic carbocycles. The molecule has 1 aliphatic heterocycles. The van der Waals surface area contributed by atoms with Crippen molar-refractivity contribution >= 4 is 23.3 Å². The molecule has 1 aliphatic rings. The molecule has 0 aromatic heterocycles. The van der Waals surface area contributed by atoms with Gasteiger partial charge in [-0.3, -0.25) is 14.4 Å². The van der Waals surface area contributed by atoms with Gasteiger partial charge in [-0.15, -0.1) is 0 Å². The first-order valence-electron chi connectivity index (χ1n) is 8.74. The van der Waals surface area contributed by atoms with Crippen molar-refractivity contribution in [1.29, 1.82) is 0 Å². The van der Waals surface area contributed by atoms with E-state index in [1.807, 2.05) is 26.0 Å². The predicted octanol–water partition coefficient (Wildman–Crippen LogP) is 2.33. The molecule has 1 heterocycles. The molecule has 136 valence electrons. The summed E-state index contributed by atoms with van der Waals surface area (Å²) < 4.78 is 0. The highest BCUT2D eigenvalue weighted by atomic mass is 16.4. The number of carboxylic acids is 1. The van der Waals surface area contributed by atoms with Gasteiger partial charge in [-0.25, -0.2) is 0 Å². The summed E-state index contributed by atoms with van der Waals surface area (Å²) in [5.74, 6) is -1.18. The number of nitrogens with zero attached hydrogens (tertiary/aromatic N) is 1. The maximum absolute atomic E-state index is 12.2. The summed E-state index contributed by atoms with van der Waals surface area (Å²) in [7, 11) is 0. The van der Waals surface area contributed by atoms with E-state index in [1.54, 1.807) is 12.1 Å². The summed E-state index contributed by atoms with van der Waals surface area (Å²) in [6.07, 6.45) is 1.66. The summed E-state index contributed by atoms with van der Waals surface area (Å²) in [6, 6.07) is 7.21. The monoisotopic (exact) mass is 346 g/mol. The highest BCUT2D eigenvalue weighted by molar-refractivity contribution is 5.94. The molecule has 0 bridgehead atoms. The van der Waals surface area contributed by atoms with Crippen molar-refractivity contribution < 1.29 is 19.5 Å². The van der Waals surface area contributed by atoms with Crippen molar-refractivity contribution in [1.82, 2.24) is 5.32 Å². The van der Waals surface area contributed by atoms with Crippen LogP contribution in [-0.2, 0) is 9.59 Å². The molecule has 1 aromatic rings. The van der Waals surface area contributed by atoms with Crippen LogP contribution in [0.25, 0.3) is 0 Å². The van der Waals surface area contributed by atoms with Crippen molar-refractivity contribution in [3.63, 3.8) is 0 Å². The summed E-state index contributed by atoms with van der Waals surface area (Å²) in [4.78, 5) is 36.9. The number of carboxylic acid groups (broad SMARTS) is 1. The Labute approximate surface area is 148 Å². The standard InChI is InChI=1S/C19H26N2O4/c1-13(2)11-15(19(24)25)12-20-18(23)14-3-5-16(6-4-14)21-9-7-17(22)8-10-21/h3-6,13,15H,7-12H2,1-2H3,(H,20,23)(H,24,25)/t15-/m0/s1. The highest BCUT2D eigenvalue weighted by Gasteiger charge is 2.20. The first kappa shape index (κ1) is 19.0. The number of aliphatic carboxylic acids is 1. The fourth-order valence-corrected chi connectivity index (χ4v) is 3.00. The number of ketones is 1. The van der Waals surface area contributed by atoms with Crippen LogP contribution < -0.4 is 10.2 Å². The Morgan fingerprint density at radius 3 is 2.28 bits per heavy atom. The molecule has 1 amide bonds. The van der Waals surface area contributed by atoms with Crippen LogP contribution in [0.5, 0.6) is 0 Å². The van der Waals surface area contributed by atoms with Crippen LogP contribution in [-0.4, -0.2) is 42.4 Å². The molecule has 6 nitrogen and oxygen atoms in total. The van der Waals surface area contributed by atoms with E-state index in [1.165, 1.54) is 0 Å². The van der Waals surface area contributed by atoms with Gasteiger partial charge in [-0.05, 0) is 36.6 Å². The number of hydrogen-bond acceptors (Lipinski definition) is 4. The molecule has 25 heavy (non-hydrogen) atoms. The maximum Gasteiger partial charge on any atom is 0.308 e. The second-order valence-electron chi connectivity index (χ2n) is 6.95. The number of anilines is 1. The van der Waals surface area contributed by atoms with Crippen molar-refractivity contribution in [3.8, 4) is 0 Å². The lowest BCUT2D eigenvalue weighted by Crippen LogP contribution is -2.34. The number of nitrogens with one attached hydrogen (secondary N) is 1. The Morgan fingerprint density at radius 2 is 1.76 bits per heavy atom. The van der Waals surface area contributed by atoms with Gasteiger partial charge in [0.1, 0.15) is 5.78 Å². The van der Waals surface area contributed by atoms with Crippen molar-refractivity contribution in [2.75, 3.05) is 24.5 Å². The smallest absolute Gasteiger partial charge is 0.308 e. The molecule has 1 fully saturated rings. The van der Waals surface area contributed by atoms with Crippen molar-refractivity contribution in [2.24, 2.45) is 11.8 Å². The van der Waals surface area contributed by atoms with Crippen LogP contribution in [0, 0.1) is 11.8 Å². The van der Waals surface area contributed by atoms with Crippen LogP contribution in [0.2, 0.25) is 0 Å². The quantitative estimate of drug-likeness (QED) is 0.791. The molecule has 1 saturated heterocycles. The van der Waals surface area contributed by atoms with Crippen LogP contribution in [0.3, 0.4) is 0 Å². The minimum absolute atomic E-state index is 0.127.